The third-order valence-corrected chi connectivity index (χ3v) is 4.26. The number of hydrogen-bond donors (Lipinski definition) is 1. The van der Waals surface area contributed by atoms with Gasteiger partial charge >= 0.3 is 0 Å². The number of anilines is 1. The maximum atomic E-state index is 8.91. The number of pyridine rings is 1. The molecule has 0 amide bonds. The highest BCUT2D eigenvalue weighted by Crippen LogP contribution is 2.31. The lowest BCUT2D eigenvalue weighted by Gasteiger charge is -2.36. The Hall–Kier alpha value is -1.60. The summed E-state index contributed by atoms with van der Waals surface area (Å²) < 4.78 is 0. The lowest BCUT2D eigenvalue weighted by atomic mass is 9.98. The van der Waals surface area contributed by atoms with Crippen LogP contribution >= 0.6 is 0 Å². The Labute approximate surface area is 108 Å². The minimum atomic E-state index is 0.497. The van der Waals surface area contributed by atoms with E-state index in [1.54, 1.807) is 6.20 Å². The average molecular weight is 242 g/mol. The van der Waals surface area contributed by atoms with Crippen molar-refractivity contribution in [2.45, 2.75) is 43.8 Å². The average Bonchev–Trinajstić information content (AvgIpc) is 2.76. The molecule has 0 radical (unpaired) electrons. The molecule has 1 aromatic rings. The van der Waals surface area contributed by atoms with Crippen molar-refractivity contribution in [3.63, 3.8) is 0 Å². The van der Waals surface area contributed by atoms with Crippen LogP contribution in [0.1, 0.15) is 31.4 Å². The van der Waals surface area contributed by atoms with Gasteiger partial charge in [-0.15, -0.1) is 0 Å². The second kappa shape index (κ2) is 4.58. The van der Waals surface area contributed by atoms with Gasteiger partial charge in [-0.25, -0.2) is 4.98 Å². The monoisotopic (exact) mass is 242 g/mol. The molecule has 2 fully saturated rings. The fourth-order valence-corrected chi connectivity index (χ4v) is 3.25. The van der Waals surface area contributed by atoms with E-state index in [0.717, 1.165) is 5.69 Å². The van der Waals surface area contributed by atoms with Gasteiger partial charge in [-0.1, -0.05) is 0 Å². The van der Waals surface area contributed by atoms with Crippen LogP contribution in [-0.4, -0.2) is 30.2 Å². The first-order valence-corrected chi connectivity index (χ1v) is 6.61. The highest BCUT2D eigenvalue weighted by Gasteiger charge is 2.35. The number of rotatable bonds is 2. The molecule has 3 heterocycles. The molecule has 1 N–H and O–H groups in total. The molecule has 4 heteroatoms. The number of nitrogens with one attached hydrogen (secondary N) is 1. The van der Waals surface area contributed by atoms with Crippen LogP contribution in [-0.2, 0) is 0 Å². The summed E-state index contributed by atoms with van der Waals surface area (Å²) in [4.78, 5) is 6.34. The first-order chi connectivity index (χ1) is 8.76. The summed E-state index contributed by atoms with van der Waals surface area (Å²) in [6.45, 7) is 0. The zero-order valence-electron chi connectivity index (χ0n) is 10.6. The number of hydrogen-bond acceptors (Lipinski definition) is 4. The van der Waals surface area contributed by atoms with Crippen molar-refractivity contribution < 1.29 is 0 Å². The Morgan fingerprint density at radius 1 is 1.39 bits per heavy atom. The highest BCUT2D eigenvalue weighted by atomic mass is 15.2. The van der Waals surface area contributed by atoms with E-state index in [4.69, 9.17) is 5.26 Å². The number of nitriles is 1. The lowest BCUT2D eigenvalue weighted by molar-refractivity contribution is 0.355. The Bertz CT molecular complexity index is 467. The Morgan fingerprint density at radius 3 is 2.78 bits per heavy atom. The van der Waals surface area contributed by atoms with Crippen LogP contribution in [0.2, 0.25) is 0 Å². The zero-order valence-corrected chi connectivity index (χ0v) is 10.6. The van der Waals surface area contributed by atoms with E-state index in [0.29, 0.717) is 23.8 Å². The molecule has 1 aromatic heterocycles. The van der Waals surface area contributed by atoms with Crippen molar-refractivity contribution in [1.29, 1.82) is 5.26 Å². The standard InChI is InChI=1S/C14H18N4/c1-18(13-4-5-16-12(8-13)9-15)14-6-10-2-3-11(7-14)17-10/h4-5,8,10-11,14,17H,2-3,6-7H2,1H3. The summed E-state index contributed by atoms with van der Waals surface area (Å²) in [5.41, 5.74) is 1.60. The van der Waals surface area contributed by atoms with Crippen molar-refractivity contribution in [3.8, 4) is 6.07 Å². The molecule has 2 atom stereocenters. The van der Waals surface area contributed by atoms with Gasteiger partial charge < -0.3 is 10.2 Å². The van der Waals surface area contributed by atoms with Crippen LogP contribution in [0, 0.1) is 11.3 Å². The first kappa shape index (κ1) is 11.5. The molecule has 0 aliphatic carbocycles. The van der Waals surface area contributed by atoms with Crippen LogP contribution in [0.4, 0.5) is 5.69 Å². The van der Waals surface area contributed by atoms with Crippen LogP contribution < -0.4 is 10.2 Å². The predicted octanol–water partition coefficient (Wildman–Crippen LogP) is 1.67. The fourth-order valence-electron chi connectivity index (χ4n) is 3.25. The number of aromatic nitrogens is 1. The summed E-state index contributed by atoms with van der Waals surface area (Å²) in [7, 11) is 2.13. The molecule has 0 saturated carbocycles. The predicted molar refractivity (Wildman–Crippen MR) is 70.3 cm³/mol. The van der Waals surface area contributed by atoms with Crippen LogP contribution in [0.5, 0.6) is 0 Å². The van der Waals surface area contributed by atoms with Crippen LogP contribution in [0.25, 0.3) is 0 Å². The summed E-state index contributed by atoms with van der Waals surface area (Å²) in [6.07, 6.45) is 6.76. The number of nitrogens with zero attached hydrogens (tertiary/aromatic N) is 3. The van der Waals surface area contributed by atoms with E-state index in [1.165, 1.54) is 25.7 Å². The second-order valence-electron chi connectivity index (χ2n) is 5.39. The molecular formula is C14H18N4. The van der Waals surface area contributed by atoms with Gasteiger partial charge in [0, 0.05) is 37.1 Å². The zero-order chi connectivity index (χ0) is 12.5. The first-order valence-electron chi connectivity index (χ1n) is 6.61. The van der Waals surface area contributed by atoms with E-state index in [2.05, 4.69) is 28.3 Å². The quantitative estimate of drug-likeness (QED) is 0.857. The minimum absolute atomic E-state index is 0.497. The normalized spacial score (nSPS) is 29.9. The van der Waals surface area contributed by atoms with Gasteiger partial charge in [0.2, 0.25) is 0 Å². The van der Waals surface area contributed by atoms with Crippen molar-refractivity contribution in [3.05, 3.63) is 24.0 Å². The molecule has 0 aromatic carbocycles. The van der Waals surface area contributed by atoms with Gasteiger partial charge in [0.25, 0.3) is 0 Å². The SMILES string of the molecule is CN(c1ccnc(C#N)c1)C1CC2CCC(C1)N2. The van der Waals surface area contributed by atoms with Gasteiger partial charge in [-0.3, -0.25) is 0 Å². The van der Waals surface area contributed by atoms with E-state index in [9.17, 15) is 0 Å². The summed E-state index contributed by atoms with van der Waals surface area (Å²) in [6, 6.07) is 7.93. The van der Waals surface area contributed by atoms with E-state index in [1.807, 2.05) is 12.1 Å². The molecule has 0 spiro atoms. The third kappa shape index (κ3) is 2.06. The van der Waals surface area contributed by atoms with E-state index < -0.39 is 0 Å². The fraction of sp³-hybridized carbons (Fsp3) is 0.571. The molecule has 3 rings (SSSR count). The highest BCUT2D eigenvalue weighted by molar-refractivity contribution is 5.49. The topological polar surface area (TPSA) is 52.0 Å². The minimum Gasteiger partial charge on any atom is -0.371 e. The molecule has 18 heavy (non-hydrogen) atoms. The Morgan fingerprint density at radius 2 is 2.11 bits per heavy atom. The molecule has 4 nitrogen and oxygen atoms in total. The molecule has 2 unspecified atom stereocenters. The largest absolute Gasteiger partial charge is 0.371 e. The summed E-state index contributed by atoms with van der Waals surface area (Å²) in [5, 5.41) is 12.6. The van der Waals surface area contributed by atoms with Crippen molar-refractivity contribution >= 4 is 5.69 Å². The third-order valence-electron chi connectivity index (χ3n) is 4.26. The Balaban J connectivity index is 1.77. The van der Waals surface area contributed by atoms with Crippen molar-refractivity contribution in [2.24, 2.45) is 0 Å². The van der Waals surface area contributed by atoms with Crippen molar-refractivity contribution in [2.75, 3.05) is 11.9 Å². The number of fused-ring (bicyclic) bond motifs is 2. The smallest absolute Gasteiger partial charge is 0.142 e. The molecular weight excluding hydrogens is 224 g/mol. The summed E-state index contributed by atoms with van der Waals surface area (Å²) >= 11 is 0. The van der Waals surface area contributed by atoms with Crippen molar-refractivity contribution in [1.82, 2.24) is 10.3 Å². The maximum Gasteiger partial charge on any atom is 0.142 e. The van der Waals surface area contributed by atoms with E-state index in [-0.39, 0.29) is 0 Å². The van der Waals surface area contributed by atoms with Gasteiger partial charge in [0.15, 0.2) is 0 Å². The number of piperidine rings is 1. The van der Waals surface area contributed by atoms with Crippen LogP contribution in [0.3, 0.4) is 0 Å². The molecule has 2 saturated heterocycles. The molecule has 2 bridgehead atoms. The molecule has 94 valence electrons. The second-order valence-corrected chi connectivity index (χ2v) is 5.39. The molecule has 2 aliphatic rings. The van der Waals surface area contributed by atoms with Crippen LogP contribution in [0.15, 0.2) is 18.3 Å². The summed E-state index contributed by atoms with van der Waals surface area (Å²) in [5.74, 6) is 0. The van der Waals surface area contributed by atoms with Gasteiger partial charge in [-0.05, 0) is 37.8 Å². The van der Waals surface area contributed by atoms with Gasteiger partial charge in [-0.2, -0.15) is 5.26 Å². The van der Waals surface area contributed by atoms with E-state index >= 15 is 0 Å². The maximum absolute atomic E-state index is 8.91. The van der Waals surface area contributed by atoms with Gasteiger partial charge in [0.1, 0.15) is 11.8 Å². The van der Waals surface area contributed by atoms with Gasteiger partial charge in [0.05, 0.1) is 0 Å². The Kier molecular flexibility index (Phi) is 2.92. The lowest BCUT2D eigenvalue weighted by Crippen LogP contribution is -2.47. The molecule has 2 aliphatic heterocycles.